The Morgan fingerprint density at radius 2 is 2.17 bits per heavy atom. The fourth-order valence-electron chi connectivity index (χ4n) is 1.57. The van der Waals surface area contributed by atoms with Gasteiger partial charge in [0.25, 0.3) is 0 Å². The van der Waals surface area contributed by atoms with Crippen LogP contribution in [0.3, 0.4) is 0 Å². The molecule has 2 aromatic rings. The Labute approximate surface area is 112 Å². The molecule has 0 spiro atoms. The van der Waals surface area contributed by atoms with E-state index >= 15 is 0 Å². The highest BCUT2D eigenvalue weighted by Crippen LogP contribution is 2.14. The lowest BCUT2D eigenvalue weighted by molar-refractivity contribution is 0.312. The van der Waals surface area contributed by atoms with Crippen LogP contribution in [0.25, 0.3) is 0 Å². The minimum Gasteiger partial charge on any atom is -0.491 e. The Kier molecular flexibility index (Phi) is 4.73. The molecule has 0 atom stereocenters. The van der Waals surface area contributed by atoms with E-state index in [1.54, 1.807) is 17.5 Å². The van der Waals surface area contributed by atoms with Gasteiger partial charge in [0.05, 0.1) is 6.20 Å². The molecule has 0 aliphatic rings. The predicted molar refractivity (Wildman–Crippen MR) is 75.2 cm³/mol. The van der Waals surface area contributed by atoms with Gasteiger partial charge >= 0.3 is 0 Å². The first kappa shape index (κ1) is 13.1. The van der Waals surface area contributed by atoms with Crippen LogP contribution in [0.2, 0.25) is 0 Å². The lowest BCUT2D eigenvalue weighted by atomic mass is 10.3. The zero-order chi connectivity index (χ0) is 12.8. The standard InChI is InChI=1S/C14H18N2OS/c1-11-5-8-18-14(11)10-15-6-7-17-13-4-3-12(2)16-9-13/h3-5,8-9,15H,6-7,10H2,1-2H3. The summed E-state index contributed by atoms with van der Waals surface area (Å²) in [6.45, 7) is 6.52. The van der Waals surface area contributed by atoms with Crippen LogP contribution >= 0.6 is 11.3 Å². The number of nitrogens with one attached hydrogen (secondary N) is 1. The molecule has 0 bridgehead atoms. The van der Waals surface area contributed by atoms with Crippen molar-refractivity contribution in [2.75, 3.05) is 13.2 Å². The van der Waals surface area contributed by atoms with E-state index in [0.717, 1.165) is 24.5 Å². The second kappa shape index (κ2) is 6.52. The molecule has 0 saturated carbocycles. The summed E-state index contributed by atoms with van der Waals surface area (Å²) in [5.41, 5.74) is 2.37. The smallest absolute Gasteiger partial charge is 0.137 e. The highest BCUT2D eigenvalue weighted by atomic mass is 32.1. The van der Waals surface area contributed by atoms with Crippen molar-refractivity contribution in [2.24, 2.45) is 0 Å². The summed E-state index contributed by atoms with van der Waals surface area (Å²) >= 11 is 1.79. The Bertz CT molecular complexity index is 479. The number of nitrogens with zero attached hydrogens (tertiary/aromatic N) is 1. The molecular formula is C14H18N2OS. The Morgan fingerprint density at radius 1 is 1.28 bits per heavy atom. The molecule has 2 heterocycles. The van der Waals surface area contributed by atoms with Crippen molar-refractivity contribution in [2.45, 2.75) is 20.4 Å². The van der Waals surface area contributed by atoms with Gasteiger partial charge in [-0.15, -0.1) is 11.3 Å². The van der Waals surface area contributed by atoms with E-state index < -0.39 is 0 Å². The van der Waals surface area contributed by atoms with E-state index in [9.17, 15) is 0 Å². The number of aromatic nitrogens is 1. The first-order chi connectivity index (χ1) is 8.75. The number of rotatable bonds is 6. The van der Waals surface area contributed by atoms with Gasteiger partial charge in [0.1, 0.15) is 12.4 Å². The number of pyridine rings is 1. The third kappa shape index (κ3) is 3.82. The molecule has 18 heavy (non-hydrogen) atoms. The average Bonchev–Trinajstić information content (AvgIpc) is 2.77. The highest BCUT2D eigenvalue weighted by molar-refractivity contribution is 7.10. The van der Waals surface area contributed by atoms with Gasteiger partial charge in [-0.3, -0.25) is 4.98 Å². The molecule has 2 rings (SSSR count). The molecule has 0 aromatic carbocycles. The minimum absolute atomic E-state index is 0.662. The Balaban J connectivity index is 1.64. The second-order valence-corrected chi connectivity index (χ2v) is 5.19. The van der Waals surface area contributed by atoms with E-state index in [0.29, 0.717) is 6.61 Å². The van der Waals surface area contributed by atoms with Gasteiger partial charge in [-0.05, 0) is 43.0 Å². The molecular weight excluding hydrogens is 244 g/mol. The summed E-state index contributed by atoms with van der Waals surface area (Å²) in [4.78, 5) is 5.58. The fraction of sp³-hybridized carbons (Fsp3) is 0.357. The van der Waals surface area contributed by atoms with Gasteiger partial charge in [-0.2, -0.15) is 0 Å². The average molecular weight is 262 g/mol. The normalized spacial score (nSPS) is 10.6. The topological polar surface area (TPSA) is 34.1 Å². The molecule has 0 radical (unpaired) electrons. The molecule has 0 aliphatic heterocycles. The van der Waals surface area contributed by atoms with E-state index in [1.165, 1.54) is 10.4 Å². The van der Waals surface area contributed by atoms with Crippen molar-refractivity contribution in [1.29, 1.82) is 0 Å². The van der Waals surface area contributed by atoms with Crippen LogP contribution in [0, 0.1) is 13.8 Å². The van der Waals surface area contributed by atoms with Crippen LogP contribution in [0.5, 0.6) is 5.75 Å². The Morgan fingerprint density at radius 3 is 2.83 bits per heavy atom. The summed E-state index contributed by atoms with van der Waals surface area (Å²) in [5, 5.41) is 5.50. The van der Waals surface area contributed by atoms with Crippen molar-refractivity contribution in [1.82, 2.24) is 10.3 Å². The molecule has 3 nitrogen and oxygen atoms in total. The first-order valence-electron chi connectivity index (χ1n) is 6.05. The van der Waals surface area contributed by atoms with Gasteiger partial charge in [-0.1, -0.05) is 0 Å². The van der Waals surface area contributed by atoms with Crippen LogP contribution in [0.1, 0.15) is 16.1 Å². The number of aryl methyl sites for hydroxylation is 2. The number of ether oxygens (including phenoxy) is 1. The molecule has 1 N–H and O–H groups in total. The quantitative estimate of drug-likeness (QED) is 0.813. The molecule has 0 saturated heterocycles. The fourth-order valence-corrected chi connectivity index (χ4v) is 2.44. The molecule has 0 unspecified atom stereocenters. The summed E-state index contributed by atoms with van der Waals surface area (Å²) in [5.74, 6) is 0.828. The van der Waals surface area contributed by atoms with Gasteiger partial charge in [0, 0.05) is 23.7 Å². The van der Waals surface area contributed by atoms with Crippen molar-refractivity contribution >= 4 is 11.3 Å². The summed E-state index contributed by atoms with van der Waals surface area (Å²) in [7, 11) is 0. The minimum atomic E-state index is 0.662. The largest absolute Gasteiger partial charge is 0.491 e. The molecule has 0 aliphatic carbocycles. The van der Waals surface area contributed by atoms with Crippen LogP contribution in [-0.4, -0.2) is 18.1 Å². The number of thiophene rings is 1. The van der Waals surface area contributed by atoms with Gasteiger partial charge in [0.2, 0.25) is 0 Å². The third-order valence-electron chi connectivity index (χ3n) is 2.69. The van der Waals surface area contributed by atoms with Crippen LogP contribution < -0.4 is 10.1 Å². The van der Waals surface area contributed by atoms with E-state index in [4.69, 9.17) is 4.74 Å². The SMILES string of the molecule is Cc1ccc(OCCNCc2sccc2C)cn1. The maximum atomic E-state index is 5.59. The second-order valence-electron chi connectivity index (χ2n) is 4.19. The van der Waals surface area contributed by atoms with Crippen LogP contribution in [0.15, 0.2) is 29.8 Å². The van der Waals surface area contributed by atoms with Crippen molar-refractivity contribution < 1.29 is 4.74 Å². The van der Waals surface area contributed by atoms with E-state index in [1.807, 2.05) is 19.1 Å². The van der Waals surface area contributed by atoms with Crippen molar-refractivity contribution in [3.63, 3.8) is 0 Å². The lowest BCUT2D eigenvalue weighted by Gasteiger charge is -2.07. The molecule has 0 amide bonds. The zero-order valence-electron chi connectivity index (χ0n) is 10.8. The highest BCUT2D eigenvalue weighted by Gasteiger charge is 1.99. The maximum absolute atomic E-state index is 5.59. The molecule has 2 aromatic heterocycles. The maximum Gasteiger partial charge on any atom is 0.137 e. The zero-order valence-corrected chi connectivity index (χ0v) is 11.6. The van der Waals surface area contributed by atoms with Crippen LogP contribution in [0.4, 0.5) is 0 Å². The van der Waals surface area contributed by atoms with Gasteiger partial charge < -0.3 is 10.1 Å². The number of hydrogen-bond acceptors (Lipinski definition) is 4. The Hall–Kier alpha value is -1.39. The first-order valence-corrected chi connectivity index (χ1v) is 6.93. The van der Waals surface area contributed by atoms with E-state index in [-0.39, 0.29) is 0 Å². The van der Waals surface area contributed by atoms with Gasteiger partial charge in [-0.25, -0.2) is 0 Å². The summed E-state index contributed by atoms with van der Waals surface area (Å²) < 4.78 is 5.59. The molecule has 4 heteroatoms. The van der Waals surface area contributed by atoms with Crippen molar-refractivity contribution in [3.05, 3.63) is 45.9 Å². The van der Waals surface area contributed by atoms with Crippen LogP contribution in [-0.2, 0) is 6.54 Å². The molecule has 0 fully saturated rings. The van der Waals surface area contributed by atoms with Gasteiger partial charge in [0.15, 0.2) is 0 Å². The summed E-state index contributed by atoms with van der Waals surface area (Å²) in [6, 6.07) is 6.06. The predicted octanol–water partition coefficient (Wildman–Crippen LogP) is 2.93. The van der Waals surface area contributed by atoms with E-state index in [2.05, 4.69) is 28.7 Å². The van der Waals surface area contributed by atoms with Crippen molar-refractivity contribution in [3.8, 4) is 5.75 Å². The lowest BCUT2D eigenvalue weighted by Crippen LogP contribution is -2.20. The summed E-state index contributed by atoms with van der Waals surface area (Å²) in [6.07, 6.45) is 1.76. The monoisotopic (exact) mass is 262 g/mol. The third-order valence-corrected chi connectivity index (χ3v) is 3.71. The number of hydrogen-bond donors (Lipinski definition) is 1. The molecule has 96 valence electrons.